The Kier molecular flexibility index (Phi) is 3.68. The van der Waals surface area contributed by atoms with E-state index in [1.807, 2.05) is 6.07 Å². The van der Waals surface area contributed by atoms with Crippen LogP contribution in [0.4, 0.5) is 4.39 Å². The smallest absolute Gasteiger partial charge is 0.136 e. The van der Waals surface area contributed by atoms with Crippen molar-refractivity contribution in [3.8, 4) is 5.75 Å². The van der Waals surface area contributed by atoms with Crippen LogP contribution in [-0.4, -0.2) is 5.11 Å². The number of benzene rings is 1. The Labute approximate surface area is 130 Å². The molecule has 1 N–H and O–H groups in total. The molecule has 0 fully saturated rings. The van der Waals surface area contributed by atoms with Crippen LogP contribution in [0.5, 0.6) is 5.75 Å². The lowest BCUT2D eigenvalue weighted by Gasteiger charge is -2.29. The Morgan fingerprint density at radius 2 is 2.11 bits per heavy atom. The first-order chi connectivity index (χ1) is 9.04. The molecule has 1 aromatic carbocycles. The zero-order chi connectivity index (χ0) is 13.6. The molecular formula is C13H9Br2FO2S. The highest BCUT2D eigenvalue weighted by Gasteiger charge is 2.29. The molecular weight excluding hydrogens is 399 g/mol. The predicted octanol–water partition coefficient (Wildman–Crippen LogP) is 4.97. The first-order valence-electron chi connectivity index (χ1n) is 5.63. The van der Waals surface area contributed by atoms with Gasteiger partial charge in [0.25, 0.3) is 0 Å². The van der Waals surface area contributed by atoms with Crippen molar-refractivity contribution >= 4 is 43.2 Å². The molecule has 2 nitrogen and oxygen atoms in total. The van der Waals surface area contributed by atoms with Gasteiger partial charge in [-0.3, -0.25) is 0 Å². The molecule has 0 aliphatic carbocycles. The Bertz CT molecular complexity index is 610. The Balaban J connectivity index is 1.96. The standard InChI is InChI=1S/C13H9Br2FO2S/c14-8-4-12(19-13(8)15)11-5-9(17)7-2-1-6(16)3-10(7)18-11/h1-4,9,11,17H,5H2/t9-,11?/m0/s1. The summed E-state index contributed by atoms with van der Waals surface area (Å²) in [5.41, 5.74) is 0.646. The third-order valence-electron chi connectivity index (χ3n) is 3.02. The lowest BCUT2D eigenvalue weighted by molar-refractivity contribution is 0.0670. The lowest BCUT2D eigenvalue weighted by Crippen LogP contribution is -2.18. The van der Waals surface area contributed by atoms with Gasteiger partial charge < -0.3 is 9.84 Å². The van der Waals surface area contributed by atoms with Gasteiger partial charge in [-0.1, -0.05) is 0 Å². The predicted molar refractivity (Wildman–Crippen MR) is 79.1 cm³/mol. The summed E-state index contributed by atoms with van der Waals surface area (Å²) in [7, 11) is 0. The number of rotatable bonds is 1. The van der Waals surface area contributed by atoms with Crippen molar-refractivity contribution in [2.45, 2.75) is 18.6 Å². The summed E-state index contributed by atoms with van der Waals surface area (Å²) in [6.45, 7) is 0. The highest BCUT2D eigenvalue weighted by Crippen LogP contribution is 2.45. The van der Waals surface area contributed by atoms with Crippen molar-refractivity contribution in [3.63, 3.8) is 0 Å². The maximum Gasteiger partial charge on any atom is 0.136 e. The van der Waals surface area contributed by atoms with Gasteiger partial charge in [0.05, 0.1) is 9.89 Å². The minimum atomic E-state index is -0.631. The summed E-state index contributed by atoms with van der Waals surface area (Å²) in [6.07, 6.45) is -0.413. The quantitative estimate of drug-likeness (QED) is 0.723. The van der Waals surface area contributed by atoms with Gasteiger partial charge in [-0.05, 0) is 50.1 Å². The second kappa shape index (κ2) is 5.16. The maximum absolute atomic E-state index is 13.2. The van der Waals surface area contributed by atoms with Gasteiger partial charge in [0.15, 0.2) is 0 Å². The molecule has 1 aliphatic rings. The van der Waals surface area contributed by atoms with Gasteiger partial charge in [-0.15, -0.1) is 11.3 Å². The van der Waals surface area contributed by atoms with Crippen LogP contribution in [0.1, 0.15) is 29.1 Å². The van der Waals surface area contributed by atoms with Gasteiger partial charge >= 0.3 is 0 Å². The number of aliphatic hydroxyl groups excluding tert-OH is 1. The third-order valence-corrected chi connectivity index (χ3v) is 6.37. The van der Waals surface area contributed by atoms with Crippen LogP contribution in [0.15, 0.2) is 32.5 Å². The number of hydrogen-bond donors (Lipinski definition) is 1. The van der Waals surface area contributed by atoms with Crippen LogP contribution in [0.25, 0.3) is 0 Å². The van der Waals surface area contributed by atoms with Crippen LogP contribution in [0.2, 0.25) is 0 Å². The summed E-state index contributed by atoms with van der Waals surface area (Å²) >= 11 is 8.40. The molecule has 6 heteroatoms. The monoisotopic (exact) mass is 406 g/mol. The van der Waals surface area contributed by atoms with E-state index in [1.165, 1.54) is 12.1 Å². The zero-order valence-corrected chi connectivity index (χ0v) is 13.6. The lowest BCUT2D eigenvalue weighted by atomic mass is 9.98. The van der Waals surface area contributed by atoms with E-state index in [9.17, 15) is 9.50 Å². The number of thiophene rings is 1. The van der Waals surface area contributed by atoms with E-state index in [2.05, 4.69) is 31.9 Å². The van der Waals surface area contributed by atoms with Crippen molar-refractivity contribution in [2.75, 3.05) is 0 Å². The minimum Gasteiger partial charge on any atom is -0.484 e. The Morgan fingerprint density at radius 3 is 2.79 bits per heavy atom. The fourth-order valence-corrected chi connectivity index (χ4v) is 4.24. The molecule has 0 amide bonds. The molecule has 1 aromatic heterocycles. The molecule has 2 heterocycles. The number of halogens is 3. The van der Waals surface area contributed by atoms with Crippen molar-refractivity contribution in [1.82, 2.24) is 0 Å². The number of aliphatic hydroxyl groups is 1. The van der Waals surface area contributed by atoms with E-state index in [-0.39, 0.29) is 11.9 Å². The Hall–Kier alpha value is -0.430. The third kappa shape index (κ3) is 2.59. The van der Waals surface area contributed by atoms with Crippen LogP contribution in [0, 0.1) is 5.82 Å². The number of fused-ring (bicyclic) bond motifs is 1. The molecule has 19 heavy (non-hydrogen) atoms. The van der Waals surface area contributed by atoms with Gasteiger partial charge in [0.1, 0.15) is 17.7 Å². The van der Waals surface area contributed by atoms with Crippen molar-refractivity contribution in [3.05, 3.63) is 48.8 Å². The average Bonchev–Trinajstić information content (AvgIpc) is 2.69. The van der Waals surface area contributed by atoms with E-state index >= 15 is 0 Å². The summed E-state index contributed by atoms with van der Waals surface area (Å²) in [5, 5.41) is 10.1. The van der Waals surface area contributed by atoms with E-state index in [1.54, 1.807) is 17.4 Å². The molecule has 0 saturated heterocycles. The van der Waals surface area contributed by atoms with E-state index < -0.39 is 6.10 Å². The Morgan fingerprint density at radius 1 is 1.32 bits per heavy atom. The highest BCUT2D eigenvalue weighted by atomic mass is 79.9. The topological polar surface area (TPSA) is 29.5 Å². The van der Waals surface area contributed by atoms with Gasteiger partial charge in [-0.2, -0.15) is 0 Å². The largest absolute Gasteiger partial charge is 0.484 e. The molecule has 1 aliphatic heterocycles. The summed E-state index contributed by atoms with van der Waals surface area (Å²) in [5.74, 6) is 0.0598. The molecule has 0 spiro atoms. The second-order valence-corrected chi connectivity index (χ2v) is 7.57. The van der Waals surface area contributed by atoms with Gasteiger partial charge in [-0.25, -0.2) is 4.39 Å². The normalized spacial score (nSPS) is 21.9. The molecule has 0 saturated carbocycles. The molecule has 100 valence electrons. The van der Waals surface area contributed by atoms with E-state index in [0.29, 0.717) is 17.7 Å². The van der Waals surface area contributed by atoms with Crippen LogP contribution in [0.3, 0.4) is 0 Å². The van der Waals surface area contributed by atoms with Crippen LogP contribution >= 0.6 is 43.2 Å². The molecule has 3 rings (SSSR count). The van der Waals surface area contributed by atoms with Gasteiger partial charge in [0, 0.05) is 27.4 Å². The minimum absolute atomic E-state index is 0.253. The SMILES string of the molecule is O[C@H]1CC(c2cc(Br)c(Br)s2)Oc2cc(F)ccc21. The first-order valence-corrected chi connectivity index (χ1v) is 8.03. The summed E-state index contributed by atoms with van der Waals surface area (Å²) in [6, 6.07) is 6.19. The van der Waals surface area contributed by atoms with Gasteiger partial charge in [0.2, 0.25) is 0 Å². The molecule has 2 aromatic rings. The number of ether oxygens (including phenoxy) is 1. The zero-order valence-electron chi connectivity index (χ0n) is 9.57. The fourth-order valence-electron chi connectivity index (χ4n) is 2.11. The van der Waals surface area contributed by atoms with Crippen molar-refractivity contribution in [2.24, 2.45) is 0 Å². The first kappa shape index (κ1) is 13.5. The molecule has 0 radical (unpaired) electrons. The molecule has 1 unspecified atom stereocenters. The molecule has 0 bridgehead atoms. The number of hydrogen-bond acceptors (Lipinski definition) is 3. The van der Waals surface area contributed by atoms with Crippen molar-refractivity contribution < 1.29 is 14.2 Å². The summed E-state index contributed by atoms with van der Waals surface area (Å²) < 4.78 is 21.0. The van der Waals surface area contributed by atoms with Crippen LogP contribution < -0.4 is 4.74 Å². The average molecular weight is 408 g/mol. The van der Waals surface area contributed by atoms with E-state index in [0.717, 1.165) is 13.1 Å². The van der Waals surface area contributed by atoms with Crippen molar-refractivity contribution in [1.29, 1.82) is 0 Å². The highest BCUT2D eigenvalue weighted by molar-refractivity contribution is 9.13. The fraction of sp³-hybridized carbons (Fsp3) is 0.231. The second-order valence-electron chi connectivity index (χ2n) is 4.31. The maximum atomic E-state index is 13.2. The molecule has 2 atom stereocenters. The van der Waals surface area contributed by atoms with Crippen LogP contribution in [-0.2, 0) is 0 Å². The summed E-state index contributed by atoms with van der Waals surface area (Å²) in [4.78, 5) is 0.993. The van der Waals surface area contributed by atoms with E-state index in [4.69, 9.17) is 4.74 Å².